The second kappa shape index (κ2) is 4.77. The van der Waals surface area contributed by atoms with Crippen LogP contribution in [-0.4, -0.2) is 30.6 Å². The highest BCUT2D eigenvalue weighted by Crippen LogP contribution is 2.26. The summed E-state index contributed by atoms with van der Waals surface area (Å²) in [5.74, 6) is 0.849. The Balaban J connectivity index is 2.06. The smallest absolute Gasteiger partial charge is 0.120 e. The van der Waals surface area contributed by atoms with Crippen molar-refractivity contribution in [1.29, 1.82) is 5.26 Å². The van der Waals surface area contributed by atoms with Gasteiger partial charge in [0.05, 0.1) is 11.6 Å². The lowest BCUT2D eigenvalue weighted by molar-refractivity contribution is 0.0156. The summed E-state index contributed by atoms with van der Waals surface area (Å²) >= 11 is 0. The molecule has 1 aromatic carbocycles. The average Bonchev–Trinajstić information content (AvgIpc) is 2.29. The molecule has 2 rings (SSSR count). The Kier molecular flexibility index (Phi) is 3.35. The fraction of sp³-hybridized carbons (Fsp3) is 0.500. The molecule has 1 fully saturated rings. The maximum Gasteiger partial charge on any atom is 0.120 e. The van der Waals surface area contributed by atoms with Crippen LogP contribution in [0.15, 0.2) is 24.3 Å². The van der Waals surface area contributed by atoms with E-state index in [0.717, 1.165) is 25.3 Å². The molecule has 1 aliphatic heterocycles. The van der Waals surface area contributed by atoms with Crippen LogP contribution < -0.4 is 4.74 Å². The summed E-state index contributed by atoms with van der Waals surface area (Å²) in [4.78, 5) is 2.30. The zero-order valence-corrected chi connectivity index (χ0v) is 10.4. The van der Waals surface area contributed by atoms with E-state index in [1.807, 2.05) is 12.1 Å². The summed E-state index contributed by atoms with van der Waals surface area (Å²) < 4.78 is 6.06. The highest BCUT2D eigenvalue weighted by Gasteiger charge is 2.31. The van der Waals surface area contributed by atoms with Crippen molar-refractivity contribution in [2.75, 3.05) is 20.1 Å². The Morgan fingerprint density at radius 2 is 2.06 bits per heavy atom. The fourth-order valence-electron chi connectivity index (χ4n) is 2.42. The van der Waals surface area contributed by atoms with Crippen molar-refractivity contribution in [2.24, 2.45) is 0 Å². The second-order valence-electron chi connectivity index (χ2n) is 5.03. The van der Waals surface area contributed by atoms with Crippen molar-refractivity contribution < 1.29 is 4.74 Å². The molecule has 1 aromatic rings. The first-order valence-corrected chi connectivity index (χ1v) is 5.99. The number of nitriles is 1. The van der Waals surface area contributed by atoms with E-state index in [9.17, 15) is 0 Å². The summed E-state index contributed by atoms with van der Waals surface area (Å²) in [6.07, 6.45) is 2.25. The van der Waals surface area contributed by atoms with Gasteiger partial charge in [0.15, 0.2) is 0 Å². The van der Waals surface area contributed by atoms with Crippen LogP contribution in [0.1, 0.15) is 25.3 Å². The molecule has 1 heterocycles. The molecule has 0 aliphatic carbocycles. The number of ether oxygens (including phenoxy) is 1. The second-order valence-corrected chi connectivity index (χ2v) is 5.03. The molecular formula is C14H18N2O. The molecular weight excluding hydrogens is 212 g/mol. The van der Waals surface area contributed by atoms with E-state index in [1.54, 1.807) is 12.1 Å². The number of hydrogen-bond acceptors (Lipinski definition) is 3. The first-order chi connectivity index (χ1) is 8.11. The van der Waals surface area contributed by atoms with E-state index in [2.05, 4.69) is 24.9 Å². The average molecular weight is 230 g/mol. The van der Waals surface area contributed by atoms with Crippen LogP contribution in [0.25, 0.3) is 0 Å². The minimum absolute atomic E-state index is 0.110. The van der Waals surface area contributed by atoms with Crippen molar-refractivity contribution in [1.82, 2.24) is 4.90 Å². The van der Waals surface area contributed by atoms with E-state index >= 15 is 0 Å². The lowest BCUT2D eigenvalue weighted by Gasteiger charge is -2.38. The van der Waals surface area contributed by atoms with Crippen molar-refractivity contribution in [3.05, 3.63) is 29.8 Å². The molecule has 1 unspecified atom stereocenters. The van der Waals surface area contributed by atoms with E-state index in [-0.39, 0.29) is 5.60 Å². The van der Waals surface area contributed by atoms with Crippen LogP contribution in [0.4, 0.5) is 0 Å². The number of likely N-dealkylation sites (N-methyl/N-ethyl adjacent to an activating group) is 1. The summed E-state index contributed by atoms with van der Waals surface area (Å²) in [5, 5.41) is 8.74. The Morgan fingerprint density at radius 3 is 2.65 bits per heavy atom. The quantitative estimate of drug-likeness (QED) is 0.783. The Labute approximate surface area is 103 Å². The van der Waals surface area contributed by atoms with Crippen LogP contribution in [0.5, 0.6) is 5.75 Å². The van der Waals surface area contributed by atoms with Gasteiger partial charge in [0.2, 0.25) is 0 Å². The molecule has 0 amide bonds. The predicted octanol–water partition coefficient (Wildman–Crippen LogP) is 2.42. The lowest BCUT2D eigenvalue weighted by Crippen LogP contribution is -2.48. The number of benzene rings is 1. The van der Waals surface area contributed by atoms with Gasteiger partial charge in [0.25, 0.3) is 0 Å². The third-order valence-electron chi connectivity index (χ3n) is 3.20. The highest BCUT2D eigenvalue weighted by molar-refractivity contribution is 5.34. The van der Waals surface area contributed by atoms with Crippen LogP contribution in [0.2, 0.25) is 0 Å². The van der Waals surface area contributed by atoms with E-state index in [4.69, 9.17) is 10.00 Å². The Hall–Kier alpha value is -1.53. The normalized spacial score (nSPS) is 25.2. The minimum Gasteiger partial charge on any atom is -0.486 e. The van der Waals surface area contributed by atoms with Crippen LogP contribution >= 0.6 is 0 Å². The van der Waals surface area contributed by atoms with Crippen molar-refractivity contribution in [3.63, 3.8) is 0 Å². The predicted molar refractivity (Wildman–Crippen MR) is 66.9 cm³/mol. The highest BCUT2D eigenvalue weighted by atomic mass is 16.5. The van der Waals surface area contributed by atoms with Gasteiger partial charge in [0.1, 0.15) is 11.4 Å². The third kappa shape index (κ3) is 2.98. The van der Waals surface area contributed by atoms with Gasteiger partial charge in [0, 0.05) is 6.54 Å². The monoisotopic (exact) mass is 230 g/mol. The van der Waals surface area contributed by atoms with Crippen LogP contribution in [0.3, 0.4) is 0 Å². The molecule has 0 radical (unpaired) electrons. The first kappa shape index (κ1) is 11.9. The zero-order valence-electron chi connectivity index (χ0n) is 10.4. The molecule has 3 nitrogen and oxygen atoms in total. The molecule has 3 heteroatoms. The van der Waals surface area contributed by atoms with Gasteiger partial charge >= 0.3 is 0 Å². The van der Waals surface area contributed by atoms with Gasteiger partial charge in [-0.3, -0.25) is 0 Å². The van der Waals surface area contributed by atoms with Crippen molar-refractivity contribution in [2.45, 2.75) is 25.4 Å². The number of piperidine rings is 1. The maximum absolute atomic E-state index is 8.74. The summed E-state index contributed by atoms with van der Waals surface area (Å²) in [7, 11) is 2.12. The minimum atomic E-state index is -0.110. The summed E-state index contributed by atoms with van der Waals surface area (Å²) in [5.41, 5.74) is 0.560. The van der Waals surface area contributed by atoms with Gasteiger partial charge in [-0.1, -0.05) is 0 Å². The first-order valence-electron chi connectivity index (χ1n) is 5.99. The topological polar surface area (TPSA) is 36.3 Å². The molecule has 0 saturated carbocycles. The third-order valence-corrected chi connectivity index (χ3v) is 3.20. The SMILES string of the molecule is CN1CCCC(C)(Oc2ccc(C#N)cc2)C1. The van der Waals surface area contributed by atoms with Crippen LogP contribution in [0, 0.1) is 11.3 Å². The standard InChI is InChI=1S/C14H18N2O/c1-14(8-3-9-16(2)11-14)17-13-6-4-12(10-15)5-7-13/h4-7H,3,8-9,11H2,1-2H3. The largest absolute Gasteiger partial charge is 0.486 e. The molecule has 0 N–H and O–H groups in total. The zero-order chi connectivity index (χ0) is 12.3. The molecule has 1 saturated heterocycles. The Morgan fingerprint density at radius 1 is 1.35 bits per heavy atom. The van der Waals surface area contributed by atoms with Gasteiger partial charge in [-0.25, -0.2) is 0 Å². The number of hydrogen-bond donors (Lipinski definition) is 0. The molecule has 1 atom stereocenters. The molecule has 1 aliphatic rings. The lowest BCUT2D eigenvalue weighted by atomic mass is 9.95. The van der Waals surface area contributed by atoms with Gasteiger partial charge in [-0.2, -0.15) is 5.26 Å². The maximum atomic E-state index is 8.74. The van der Waals surface area contributed by atoms with Gasteiger partial charge < -0.3 is 9.64 Å². The number of nitrogens with zero attached hydrogens (tertiary/aromatic N) is 2. The van der Waals surface area contributed by atoms with E-state index < -0.39 is 0 Å². The van der Waals surface area contributed by atoms with E-state index in [0.29, 0.717) is 5.56 Å². The summed E-state index contributed by atoms with van der Waals surface area (Å²) in [6.45, 7) is 4.25. The molecule has 0 bridgehead atoms. The molecule has 17 heavy (non-hydrogen) atoms. The van der Waals surface area contributed by atoms with Gasteiger partial charge in [-0.05, 0) is 57.6 Å². The van der Waals surface area contributed by atoms with E-state index in [1.165, 1.54) is 6.42 Å². The molecule has 90 valence electrons. The van der Waals surface area contributed by atoms with Crippen molar-refractivity contribution >= 4 is 0 Å². The summed E-state index contributed by atoms with van der Waals surface area (Å²) in [6, 6.07) is 9.45. The Bertz CT molecular complexity index is 421. The molecule has 0 aromatic heterocycles. The van der Waals surface area contributed by atoms with Crippen LogP contribution in [-0.2, 0) is 0 Å². The number of rotatable bonds is 2. The number of likely N-dealkylation sites (tertiary alicyclic amines) is 1. The molecule has 0 spiro atoms. The van der Waals surface area contributed by atoms with Crippen molar-refractivity contribution in [3.8, 4) is 11.8 Å². The van der Waals surface area contributed by atoms with Gasteiger partial charge in [-0.15, -0.1) is 0 Å². The fourth-order valence-corrected chi connectivity index (χ4v) is 2.42.